The van der Waals surface area contributed by atoms with Crippen molar-refractivity contribution in [2.24, 2.45) is 0 Å². The normalized spacial score (nSPS) is 25.0. The van der Waals surface area contributed by atoms with E-state index in [4.69, 9.17) is 0 Å². The van der Waals surface area contributed by atoms with Crippen LogP contribution < -0.4 is 4.59 Å². The van der Waals surface area contributed by atoms with Crippen molar-refractivity contribution in [1.29, 1.82) is 0 Å². The largest absolute Gasteiger partial charge is 0.212 e. The quantitative estimate of drug-likeness (QED) is 0.689. The first-order valence-electron chi connectivity index (χ1n) is 6.60. The van der Waals surface area contributed by atoms with E-state index < -0.39 is 0 Å². The number of rotatable bonds is 2. The van der Waals surface area contributed by atoms with E-state index in [1.165, 1.54) is 57.5 Å². The fourth-order valence-corrected chi connectivity index (χ4v) is 3.35. The van der Waals surface area contributed by atoms with Gasteiger partial charge in [-0.3, -0.25) is 0 Å². The van der Waals surface area contributed by atoms with Crippen molar-refractivity contribution in [1.82, 2.24) is 9.60 Å². The first-order chi connectivity index (χ1) is 7.92. The topological polar surface area (TPSA) is 3.24 Å². The maximum absolute atomic E-state index is 2.70. The van der Waals surface area contributed by atoms with Gasteiger partial charge in [-0.1, -0.05) is 18.2 Å². The van der Waals surface area contributed by atoms with E-state index in [2.05, 4.69) is 35.3 Å². The molecule has 0 bridgehead atoms. The molecule has 0 saturated carbocycles. The van der Waals surface area contributed by atoms with Gasteiger partial charge in [-0.2, -0.15) is 5.01 Å². The molecule has 0 radical (unpaired) electrons. The monoisotopic (exact) mass is 217 g/mol. The minimum absolute atomic E-state index is 1.14. The third kappa shape index (κ3) is 1.57. The Morgan fingerprint density at radius 1 is 0.812 bits per heavy atom. The Labute approximate surface area is 98.0 Å². The Balaban J connectivity index is 1.96. The van der Waals surface area contributed by atoms with Gasteiger partial charge >= 0.3 is 0 Å². The van der Waals surface area contributed by atoms with Crippen LogP contribution in [0, 0.1) is 0 Å². The molecular weight excluding hydrogens is 196 g/mol. The van der Waals surface area contributed by atoms with Crippen molar-refractivity contribution in [3.63, 3.8) is 0 Å². The molecule has 2 nitrogen and oxygen atoms in total. The summed E-state index contributed by atoms with van der Waals surface area (Å²) in [5.74, 6) is 0. The molecule has 0 atom stereocenters. The molecule has 2 saturated heterocycles. The second kappa shape index (κ2) is 4.19. The third-order valence-corrected chi connectivity index (χ3v) is 4.17. The van der Waals surface area contributed by atoms with E-state index in [1.54, 1.807) is 0 Å². The van der Waals surface area contributed by atoms with Crippen LogP contribution in [-0.4, -0.2) is 31.2 Å². The molecule has 2 fully saturated rings. The Hall–Kier alpha value is -0.860. The lowest BCUT2D eigenvalue weighted by molar-refractivity contribution is 0.0287. The molecule has 3 rings (SSSR count). The molecule has 0 N–H and O–H groups in total. The standard InChI is InChI=1S/C14H21N2/c1-2-8-14(9-3-1)16(12-6-7-13-16)15-10-4-5-11-15/h1-3,8-9H,4-7,10-13H2/q+1. The van der Waals surface area contributed by atoms with Crippen LogP contribution in [0.15, 0.2) is 30.3 Å². The summed E-state index contributed by atoms with van der Waals surface area (Å²) in [6, 6.07) is 11.1. The molecule has 0 spiro atoms. The number of hydrogen-bond donors (Lipinski definition) is 0. The smallest absolute Gasteiger partial charge is 0.152 e. The van der Waals surface area contributed by atoms with Gasteiger partial charge in [0, 0.05) is 38.1 Å². The highest BCUT2D eigenvalue weighted by Crippen LogP contribution is 2.33. The minimum atomic E-state index is 1.14. The van der Waals surface area contributed by atoms with E-state index in [9.17, 15) is 0 Å². The first kappa shape index (κ1) is 10.3. The second-order valence-electron chi connectivity index (χ2n) is 5.07. The van der Waals surface area contributed by atoms with Gasteiger partial charge < -0.3 is 0 Å². The summed E-state index contributed by atoms with van der Waals surface area (Å²) in [6.07, 6.45) is 5.52. The predicted molar refractivity (Wildman–Crippen MR) is 68.0 cm³/mol. The first-order valence-corrected chi connectivity index (χ1v) is 6.60. The molecule has 2 heteroatoms. The van der Waals surface area contributed by atoms with Crippen LogP contribution >= 0.6 is 0 Å². The van der Waals surface area contributed by atoms with Crippen molar-refractivity contribution in [3.05, 3.63) is 30.3 Å². The summed E-state index contributed by atoms with van der Waals surface area (Å²) in [5, 5.41) is 2.70. The third-order valence-electron chi connectivity index (χ3n) is 4.17. The summed E-state index contributed by atoms with van der Waals surface area (Å²) in [4.78, 5) is 0. The van der Waals surface area contributed by atoms with Crippen LogP contribution in [0.4, 0.5) is 5.69 Å². The Morgan fingerprint density at radius 3 is 2.06 bits per heavy atom. The maximum atomic E-state index is 2.70. The van der Waals surface area contributed by atoms with Gasteiger partial charge in [0.05, 0.1) is 0 Å². The van der Waals surface area contributed by atoms with Crippen LogP contribution in [0.25, 0.3) is 0 Å². The van der Waals surface area contributed by atoms with Crippen LogP contribution in [0.1, 0.15) is 25.7 Å². The summed E-state index contributed by atoms with van der Waals surface area (Å²) in [5.41, 5.74) is 1.50. The minimum Gasteiger partial charge on any atom is -0.212 e. The average molecular weight is 217 g/mol. The molecule has 1 aromatic rings. The Bertz CT molecular complexity index is 335. The zero-order valence-electron chi connectivity index (χ0n) is 9.94. The van der Waals surface area contributed by atoms with E-state index in [0.29, 0.717) is 0 Å². The number of nitrogens with zero attached hydrogens (tertiary/aromatic N) is 2. The zero-order chi connectivity index (χ0) is 10.8. The lowest BCUT2D eigenvalue weighted by Gasteiger charge is -2.40. The van der Waals surface area contributed by atoms with Crippen LogP contribution in [-0.2, 0) is 0 Å². The number of benzene rings is 1. The molecule has 86 valence electrons. The van der Waals surface area contributed by atoms with Gasteiger partial charge in [-0.25, -0.2) is 4.59 Å². The number of hydrogen-bond acceptors (Lipinski definition) is 1. The molecule has 16 heavy (non-hydrogen) atoms. The molecule has 1 aromatic carbocycles. The Kier molecular flexibility index (Phi) is 2.70. The van der Waals surface area contributed by atoms with E-state index >= 15 is 0 Å². The average Bonchev–Trinajstić information content (AvgIpc) is 3.02. The molecule has 0 aromatic heterocycles. The van der Waals surface area contributed by atoms with Crippen molar-refractivity contribution in [2.75, 3.05) is 26.2 Å². The van der Waals surface area contributed by atoms with Crippen LogP contribution in [0.2, 0.25) is 0 Å². The summed E-state index contributed by atoms with van der Waals surface area (Å²) in [7, 11) is 0. The Morgan fingerprint density at radius 2 is 1.44 bits per heavy atom. The molecule has 2 heterocycles. The predicted octanol–water partition coefficient (Wildman–Crippen LogP) is 2.80. The van der Waals surface area contributed by atoms with Crippen molar-refractivity contribution >= 4 is 5.69 Å². The fraction of sp³-hybridized carbons (Fsp3) is 0.571. The van der Waals surface area contributed by atoms with Gasteiger partial charge in [0.2, 0.25) is 0 Å². The lowest BCUT2D eigenvalue weighted by atomic mass is 10.3. The van der Waals surface area contributed by atoms with Crippen molar-refractivity contribution in [2.45, 2.75) is 25.7 Å². The molecule has 0 unspecified atom stereocenters. The highest BCUT2D eigenvalue weighted by atomic mass is 15.8. The van der Waals surface area contributed by atoms with Gasteiger partial charge in [-0.05, 0) is 12.8 Å². The van der Waals surface area contributed by atoms with Crippen LogP contribution in [0.5, 0.6) is 0 Å². The second-order valence-corrected chi connectivity index (χ2v) is 5.07. The maximum Gasteiger partial charge on any atom is 0.152 e. The van der Waals surface area contributed by atoms with Gasteiger partial charge in [0.1, 0.15) is 13.1 Å². The SMILES string of the molecule is c1ccc([N+]2(N3CCCC3)CCCC2)cc1. The van der Waals surface area contributed by atoms with Crippen LogP contribution in [0.3, 0.4) is 0 Å². The van der Waals surface area contributed by atoms with Crippen molar-refractivity contribution < 1.29 is 0 Å². The van der Waals surface area contributed by atoms with Crippen molar-refractivity contribution in [3.8, 4) is 0 Å². The van der Waals surface area contributed by atoms with Gasteiger partial charge in [0.25, 0.3) is 0 Å². The summed E-state index contributed by atoms with van der Waals surface area (Å²) in [6.45, 7) is 5.19. The van der Waals surface area contributed by atoms with E-state index in [0.717, 1.165) is 4.59 Å². The number of para-hydroxylation sites is 1. The molecule has 0 aliphatic carbocycles. The summed E-state index contributed by atoms with van der Waals surface area (Å²) >= 11 is 0. The highest BCUT2D eigenvalue weighted by Gasteiger charge is 2.41. The highest BCUT2D eigenvalue weighted by molar-refractivity contribution is 5.42. The van der Waals surface area contributed by atoms with E-state index in [-0.39, 0.29) is 0 Å². The van der Waals surface area contributed by atoms with E-state index in [1.807, 2.05) is 0 Å². The fourth-order valence-electron chi connectivity index (χ4n) is 3.35. The van der Waals surface area contributed by atoms with Gasteiger partial charge in [-0.15, -0.1) is 0 Å². The molecule has 0 amide bonds. The molecule has 2 aliphatic rings. The molecular formula is C14H21N2+. The zero-order valence-corrected chi connectivity index (χ0v) is 9.94. The summed E-state index contributed by atoms with van der Waals surface area (Å²) < 4.78 is 1.14. The number of quaternary nitrogens is 1. The lowest BCUT2D eigenvalue weighted by Crippen LogP contribution is -2.58. The van der Waals surface area contributed by atoms with Gasteiger partial charge in [0.15, 0.2) is 5.69 Å². The molecule has 2 aliphatic heterocycles.